The number of phenolic OH excluding ortho intramolecular Hbond substituents is 1. The zero-order chi connectivity index (χ0) is 15.0. The second-order valence-corrected chi connectivity index (χ2v) is 4.79. The summed E-state index contributed by atoms with van der Waals surface area (Å²) in [6.07, 6.45) is 0. The van der Waals surface area contributed by atoms with Crippen molar-refractivity contribution >= 4 is 21.9 Å². The summed E-state index contributed by atoms with van der Waals surface area (Å²) in [5.74, 6) is -2.34. The molecule has 0 amide bonds. The van der Waals surface area contributed by atoms with E-state index in [1.54, 1.807) is 0 Å². The van der Waals surface area contributed by atoms with Crippen LogP contribution in [0.1, 0.15) is 10.5 Å². The van der Waals surface area contributed by atoms with Gasteiger partial charge in [-0.25, -0.2) is 9.18 Å². The first-order chi connectivity index (χ1) is 9.36. The van der Waals surface area contributed by atoms with Gasteiger partial charge >= 0.3 is 5.97 Å². The SMILES string of the molecule is COc1c(Br)cc(F)c(-c2cc(C(=O)O)nn2C)c1O. The lowest BCUT2D eigenvalue weighted by Crippen LogP contribution is -2.00. The van der Waals surface area contributed by atoms with E-state index < -0.39 is 17.5 Å². The summed E-state index contributed by atoms with van der Waals surface area (Å²) in [7, 11) is 2.78. The molecule has 20 heavy (non-hydrogen) atoms. The van der Waals surface area contributed by atoms with Crippen LogP contribution < -0.4 is 4.74 Å². The number of benzene rings is 1. The monoisotopic (exact) mass is 344 g/mol. The molecule has 0 radical (unpaired) electrons. The first-order valence-corrected chi connectivity index (χ1v) is 6.18. The molecule has 1 heterocycles. The molecule has 0 atom stereocenters. The largest absolute Gasteiger partial charge is 0.504 e. The molecule has 0 aliphatic carbocycles. The van der Waals surface area contributed by atoms with Gasteiger partial charge in [0.1, 0.15) is 5.82 Å². The third-order valence-electron chi connectivity index (χ3n) is 2.72. The maximum atomic E-state index is 14.1. The van der Waals surface area contributed by atoms with Gasteiger partial charge in [0.15, 0.2) is 17.2 Å². The summed E-state index contributed by atoms with van der Waals surface area (Å²) < 4.78 is 20.5. The Kier molecular flexibility index (Phi) is 3.67. The molecule has 0 saturated heterocycles. The molecular weight excluding hydrogens is 335 g/mol. The van der Waals surface area contributed by atoms with Crippen LogP contribution in [0.3, 0.4) is 0 Å². The van der Waals surface area contributed by atoms with Crippen LogP contribution in [-0.4, -0.2) is 33.1 Å². The molecule has 106 valence electrons. The zero-order valence-corrected chi connectivity index (χ0v) is 12.1. The highest BCUT2D eigenvalue weighted by Crippen LogP contribution is 2.43. The van der Waals surface area contributed by atoms with Crippen molar-refractivity contribution in [1.82, 2.24) is 9.78 Å². The summed E-state index contributed by atoms with van der Waals surface area (Å²) in [6.45, 7) is 0. The number of hydrogen-bond donors (Lipinski definition) is 2. The van der Waals surface area contributed by atoms with Crippen molar-refractivity contribution in [2.45, 2.75) is 0 Å². The van der Waals surface area contributed by atoms with Crippen LogP contribution in [0.2, 0.25) is 0 Å². The van der Waals surface area contributed by atoms with Gasteiger partial charge in [0.2, 0.25) is 0 Å². The standard InChI is InChI=1S/C12H10BrFN2O4/c1-16-8(4-7(15-16)12(18)19)9-6(14)3-5(13)11(20-2)10(9)17/h3-4,17H,1-2H3,(H,18,19). The number of aromatic hydroxyl groups is 1. The Balaban J connectivity index is 2.73. The fourth-order valence-electron chi connectivity index (χ4n) is 1.83. The lowest BCUT2D eigenvalue weighted by Gasteiger charge is -2.12. The predicted molar refractivity (Wildman–Crippen MR) is 71.5 cm³/mol. The lowest BCUT2D eigenvalue weighted by molar-refractivity contribution is 0.0689. The topological polar surface area (TPSA) is 84.6 Å². The molecule has 6 nitrogen and oxygen atoms in total. The number of aromatic nitrogens is 2. The number of halogens is 2. The molecule has 1 aromatic carbocycles. The minimum absolute atomic E-state index is 0.0551. The number of aryl methyl sites for hydroxylation is 1. The van der Waals surface area contributed by atoms with E-state index in [1.165, 1.54) is 24.9 Å². The summed E-state index contributed by atoms with van der Waals surface area (Å²) in [6, 6.07) is 2.30. The van der Waals surface area contributed by atoms with Gasteiger partial charge in [-0.2, -0.15) is 5.10 Å². The van der Waals surface area contributed by atoms with Gasteiger partial charge in [-0.1, -0.05) is 0 Å². The van der Waals surface area contributed by atoms with Gasteiger partial charge < -0.3 is 14.9 Å². The molecule has 0 aliphatic heterocycles. The fraction of sp³-hybridized carbons (Fsp3) is 0.167. The van der Waals surface area contributed by atoms with Crippen LogP contribution in [0.4, 0.5) is 4.39 Å². The van der Waals surface area contributed by atoms with Gasteiger partial charge in [0.05, 0.1) is 22.8 Å². The van der Waals surface area contributed by atoms with Gasteiger partial charge in [0.25, 0.3) is 0 Å². The highest BCUT2D eigenvalue weighted by Gasteiger charge is 2.23. The van der Waals surface area contributed by atoms with E-state index in [0.29, 0.717) is 0 Å². The minimum Gasteiger partial charge on any atom is -0.504 e. The number of carbonyl (C=O) groups is 1. The molecule has 2 aromatic rings. The quantitative estimate of drug-likeness (QED) is 0.892. The number of ether oxygens (including phenoxy) is 1. The van der Waals surface area contributed by atoms with Gasteiger partial charge in [-0.3, -0.25) is 4.68 Å². The Morgan fingerprint density at radius 1 is 1.50 bits per heavy atom. The van der Waals surface area contributed by atoms with Crippen molar-refractivity contribution in [1.29, 1.82) is 0 Å². The molecule has 2 rings (SSSR count). The molecule has 2 N–H and O–H groups in total. The zero-order valence-electron chi connectivity index (χ0n) is 10.5. The molecule has 8 heteroatoms. The van der Waals surface area contributed by atoms with E-state index in [9.17, 15) is 14.3 Å². The van der Waals surface area contributed by atoms with Crippen LogP contribution in [0, 0.1) is 5.82 Å². The molecule has 0 bridgehead atoms. The number of aromatic carboxylic acids is 1. The molecule has 1 aromatic heterocycles. The van der Waals surface area contributed by atoms with Crippen LogP contribution in [0.5, 0.6) is 11.5 Å². The van der Waals surface area contributed by atoms with E-state index in [-0.39, 0.29) is 27.2 Å². The van der Waals surface area contributed by atoms with Crippen LogP contribution in [0.15, 0.2) is 16.6 Å². The molecule has 0 spiro atoms. The van der Waals surface area contributed by atoms with Crippen molar-refractivity contribution in [3.05, 3.63) is 28.1 Å². The summed E-state index contributed by atoms with van der Waals surface area (Å²) in [4.78, 5) is 10.9. The molecule has 0 aliphatic rings. The van der Waals surface area contributed by atoms with Crippen LogP contribution in [0.25, 0.3) is 11.3 Å². The third kappa shape index (κ3) is 2.22. The Morgan fingerprint density at radius 2 is 2.15 bits per heavy atom. The van der Waals surface area contributed by atoms with Crippen molar-refractivity contribution < 1.29 is 24.1 Å². The van der Waals surface area contributed by atoms with E-state index in [2.05, 4.69) is 21.0 Å². The van der Waals surface area contributed by atoms with E-state index >= 15 is 0 Å². The number of methoxy groups -OCH3 is 1. The summed E-state index contributed by atoms with van der Waals surface area (Å²) in [5.41, 5.74) is -0.293. The molecule has 0 saturated carbocycles. The average molecular weight is 345 g/mol. The Hall–Kier alpha value is -2.09. The van der Waals surface area contributed by atoms with Crippen molar-refractivity contribution in [2.75, 3.05) is 7.11 Å². The van der Waals surface area contributed by atoms with E-state index in [0.717, 1.165) is 6.07 Å². The average Bonchev–Trinajstić information content (AvgIpc) is 2.72. The first kappa shape index (κ1) is 14.3. The van der Waals surface area contributed by atoms with E-state index in [1.807, 2.05) is 0 Å². The third-order valence-corrected chi connectivity index (χ3v) is 3.31. The number of rotatable bonds is 3. The van der Waals surface area contributed by atoms with Gasteiger partial charge in [-0.05, 0) is 28.1 Å². The minimum atomic E-state index is -1.24. The molecule has 0 unspecified atom stereocenters. The van der Waals surface area contributed by atoms with Crippen molar-refractivity contribution in [3.63, 3.8) is 0 Å². The van der Waals surface area contributed by atoms with Crippen molar-refractivity contribution in [2.24, 2.45) is 7.05 Å². The molecule has 0 fully saturated rings. The second-order valence-electron chi connectivity index (χ2n) is 3.94. The summed E-state index contributed by atoms with van der Waals surface area (Å²) >= 11 is 3.07. The summed E-state index contributed by atoms with van der Waals surface area (Å²) in [5, 5.41) is 22.7. The Labute approximate surface area is 121 Å². The number of phenols is 1. The van der Waals surface area contributed by atoms with Gasteiger partial charge in [-0.15, -0.1) is 0 Å². The second kappa shape index (κ2) is 5.12. The predicted octanol–water partition coefficient (Wildman–Crippen LogP) is 2.40. The Bertz CT molecular complexity index is 699. The van der Waals surface area contributed by atoms with Gasteiger partial charge in [0, 0.05) is 7.05 Å². The maximum Gasteiger partial charge on any atom is 0.356 e. The maximum absolute atomic E-state index is 14.1. The molecular formula is C12H10BrFN2O4. The fourth-order valence-corrected chi connectivity index (χ4v) is 2.38. The highest BCUT2D eigenvalue weighted by atomic mass is 79.9. The first-order valence-electron chi connectivity index (χ1n) is 5.39. The number of hydrogen-bond acceptors (Lipinski definition) is 4. The lowest BCUT2D eigenvalue weighted by atomic mass is 10.1. The number of carboxylic acids is 1. The number of nitrogens with zero attached hydrogens (tertiary/aromatic N) is 2. The smallest absolute Gasteiger partial charge is 0.356 e. The normalized spacial score (nSPS) is 10.6. The number of carboxylic acid groups (broad SMARTS) is 1. The van der Waals surface area contributed by atoms with Crippen LogP contribution in [-0.2, 0) is 7.05 Å². The van der Waals surface area contributed by atoms with Crippen molar-refractivity contribution in [3.8, 4) is 22.8 Å². The van der Waals surface area contributed by atoms with Crippen LogP contribution >= 0.6 is 15.9 Å². The highest BCUT2D eigenvalue weighted by molar-refractivity contribution is 9.10. The van der Waals surface area contributed by atoms with E-state index in [4.69, 9.17) is 9.84 Å². The Morgan fingerprint density at radius 3 is 2.65 bits per heavy atom.